The third-order valence-electron chi connectivity index (χ3n) is 4.34. The van der Waals surface area contributed by atoms with Crippen LogP contribution in [0.4, 0.5) is 0 Å². The predicted octanol–water partition coefficient (Wildman–Crippen LogP) is 4.48. The monoisotopic (exact) mass is 354 g/mol. The van der Waals surface area contributed by atoms with Crippen molar-refractivity contribution in [3.63, 3.8) is 0 Å². The molecule has 0 saturated heterocycles. The van der Waals surface area contributed by atoms with Crippen molar-refractivity contribution in [3.05, 3.63) is 64.7 Å². The largest absolute Gasteiger partial charge is 0.462 e. The lowest BCUT2D eigenvalue weighted by Gasteiger charge is -2.16. The van der Waals surface area contributed by atoms with Gasteiger partial charge >= 0.3 is 5.97 Å². The Bertz CT molecular complexity index is 835. The molecule has 1 atom stereocenters. The van der Waals surface area contributed by atoms with E-state index in [2.05, 4.69) is 19.1 Å². The van der Waals surface area contributed by atoms with Gasteiger partial charge in [-0.15, -0.1) is 0 Å². The summed E-state index contributed by atoms with van der Waals surface area (Å²) in [5.74, 6) is 0.478. The third-order valence-corrected chi connectivity index (χ3v) is 5.89. The number of rotatable bonds is 4. The zero-order valence-electron chi connectivity index (χ0n) is 14.6. The van der Waals surface area contributed by atoms with E-state index in [1.54, 1.807) is 19.1 Å². The van der Waals surface area contributed by atoms with Gasteiger partial charge in [0.1, 0.15) is 0 Å². The molecule has 0 spiro atoms. The van der Waals surface area contributed by atoms with Crippen molar-refractivity contribution in [2.45, 2.75) is 31.6 Å². The van der Waals surface area contributed by atoms with Crippen molar-refractivity contribution in [2.24, 2.45) is 0 Å². The van der Waals surface area contributed by atoms with Crippen LogP contribution in [0, 0.1) is 0 Å². The average Bonchev–Trinajstić information content (AvgIpc) is 2.62. The van der Waals surface area contributed by atoms with E-state index in [0.717, 1.165) is 40.2 Å². The molecule has 0 radical (unpaired) electrons. The standard InChI is InChI=1S/C21H22O3S/c1-3-24-21(22)17-8-6-16(7-9-17)13-15(2)18-10-11-20-19(14-18)5-4-12-25(20)23/h6-11,13-14H,3-5,12H2,1-2H3. The summed E-state index contributed by atoms with van der Waals surface area (Å²) in [5, 5.41) is 0. The van der Waals surface area contributed by atoms with Crippen LogP contribution >= 0.6 is 0 Å². The smallest absolute Gasteiger partial charge is 0.338 e. The highest BCUT2D eigenvalue weighted by atomic mass is 32.2. The molecule has 1 aliphatic rings. The Kier molecular flexibility index (Phi) is 5.49. The molecule has 1 aliphatic heterocycles. The van der Waals surface area contributed by atoms with Crippen LogP contribution in [-0.2, 0) is 22.0 Å². The van der Waals surface area contributed by atoms with E-state index in [0.29, 0.717) is 12.2 Å². The van der Waals surface area contributed by atoms with Crippen LogP contribution in [0.5, 0.6) is 0 Å². The number of carbonyl (C=O) groups excluding carboxylic acids is 1. The molecule has 0 bridgehead atoms. The Balaban J connectivity index is 1.82. The summed E-state index contributed by atoms with van der Waals surface area (Å²) in [6.45, 7) is 4.25. The van der Waals surface area contributed by atoms with E-state index in [4.69, 9.17) is 4.74 Å². The van der Waals surface area contributed by atoms with Crippen molar-refractivity contribution in [2.75, 3.05) is 12.4 Å². The topological polar surface area (TPSA) is 43.4 Å². The second-order valence-corrected chi connectivity index (χ2v) is 7.68. The fourth-order valence-electron chi connectivity index (χ4n) is 3.01. The molecule has 0 amide bonds. The van der Waals surface area contributed by atoms with Crippen LogP contribution in [-0.4, -0.2) is 22.5 Å². The van der Waals surface area contributed by atoms with Gasteiger partial charge in [-0.05, 0) is 67.2 Å². The summed E-state index contributed by atoms with van der Waals surface area (Å²) in [4.78, 5) is 12.7. The Hall–Kier alpha value is -2.20. The van der Waals surface area contributed by atoms with E-state index < -0.39 is 10.8 Å². The van der Waals surface area contributed by atoms with Crippen LogP contribution in [0.15, 0.2) is 47.4 Å². The van der Waals surface area contributed by atoms with Gasteiger partial charge in [0.25, 0.3) is 0 Å². The highest BCUT2D eigenvalue weighted by Crippen LogP contribution is 2.27. The minimum Gasteiger partial charge on any atom is -0.462 e. The number of aryl methyl sites for hydroxylation is 1. The second-order valence-electron chi connectivity index (χ2n) is 6.15. The minimum absolute atomic E-state index is 0.294. The Labute approximate surface area is 151 Å². The highest BCUT2D eigenvalue weighted by molar-refractivity contribution is 7.85. The molecule has 3 nitrogen and oxygen atoms in total. The first kappa shape index (κ1) is 17.6. The molecule has 0 N–H and O–H groups in total. The molecule has 3 rings (SSSR count). The second kappa shape index (κ2) is 7.79. The molecule has 1 heterocycles. The van der Waals surface area contributed by atoms with Gasteiger partial charge in [-0.2, -0.15) is 0 Å². The number of hydrogen-bond donors (Lipinski definition) is 0. The predicted molar refractivity (Wildman–Crippen MR) is 102 cm³/mol. The first-order valence-electron chi connectivity index (χ1n) is 8.55. The van der Waals surface area contributed by atoms with Crippen molar-refractivity contribution in [1.29, 1.82) is 0 Å². The van der Waals surface area contributed by atoms with Gasteiger partial charge in [-0.1, -0.05) is 30.3 Å². The van der Waals surface area contributed by atoms with Gasteiger partial charge < -0.3 is 4.74 Å². The van der Waals surface area contributed by atoms with E-state index in [1.807, 2.05) is 24.3 Å². The number of allylic oxidation sites excluding steroid dienone is 1. The van der Waals surface area contributed by atoms with Gasteiger partial charge in [0.15, 0.2) is 0 Å². The molecule has 25 heavy (non-hydrogen) atoms. The maximum atomic E-state index is 12.0. The lowest BCUT2D eigenvalue weighted by atomic mass is 9.99. The van der Waals surface area contributed by atoms with Gasteiger partial charge in [0.2, 0.25) is 0 Å². The number of hydrogen-bond acceptors (Lipinski definition) is 3. The first-order chi connectivity index (χ1) is 12.1. The molecule has 0 fully saturated rings. The molecule has 0 aromatic heterocycles. The van der Waals surface area contributed by atoms with E-state index >= 15 is 0 Å². The van der Waals surface area contributed by atoms with Crippen LogP contribution in [0.2, 0.25) is 0 Å². The summed E-state index contributed by atoms with van der Waals surface area (Å²) >= 11 is 0. The van der Waals surface area contributed by atoms with Crippen LogP contribution in [0.25, 0.3) is 11.6 Å². The van der Waals surface area contributed by atoms with Crippen LogP contribution in [0.1, 0.15) is 47.3 Å². The molecule has 2 aromatic rings. The fourth-order valence-corrected chi connectivity index (χ4v) is 4.31. The molecule has 0 aliphatic carbocycles. The van der Waals surface area contributed by atoms with Gasteiger partial charge in [-0.25, -0.2) is 4.79 Å². The zero-order chi connectivity index (χ0) is 17.8. The fraction of sp³-hybridized carbons (Fsp3) is 0.286. The van der Waals surface area contributed by atoms with Crippen LogP contribution < -0.4 is 0 Å². The summed E-state index contributed by atoms with van der Waals surface area (Å²) < 4.78 is 17.1. The number of ether oxygens (including phenoxy) is 1. The number of benzene rings is 2. The van der Waals surface area contributed by atoms with Gasteiger partial charge in [0, 0.05) is 10.6 Å². The van der Waals surface area contributed by atoms with E-state index in [-0.39, 0.29) is 5.97 Å². The van der Waals surface area contributed by atoms with Gasteiger partial charge in [0.05, 0.1) is 23.0 Å². The van der Waals surface area contributed by atoms with Crippen molar-refractivity contribution in [1.82, 2.24) is 0 Å². The Morgan fingerprint density at radius 1 is 1.16 bits per heavy atom. The molecule has 2 aromatic carbocycles. The average molecular weight is 354 g/mol. The third kappa shape index (κ3) is 4.07. The maximum Gasteiger partial charge on any atom is 0.338 e. The maximum absolute atomic E-state index is 12.0. The molecular weight excluding hydrogens is 332 g/mol. The van der Waals surface area contributed by atoms with Crippen LogP contribution in [0.3, 0.4) is 0 Å². The molecule has 1 unspecified atom stereocenters. The number of esters is 1. The SMILES string of the molecule is CCOC(=O)c1ccc(C=C(C)c2ccc3c(c2)CCCS3=O)cc1. The van der Waals surface area contributed by atoms with E-state index in [1.165, 1.54) is 5.56 Å². The lowest BCUT2D eigenvalue weighted by Crippen LogP contribution is -2.10. The summed E-state index contributed by atoms with van der Waals surface area (Å²) in [6.07, 6.45) is 4.08. The Morgan fingerprint density at radius 3 is 2.60 bits per heavy atom. The number of carbonyl (C=O) groups is 1. The lowest BCUT2D eigenvalue weighted by molar-refractivity contribution is 0.0526. The summed E-state index contributed by atoms with van der Waals surface area (Å²) in [5.41, 5.74) is 5.09. The Morgan fingerprint density at radius 2 is 1.88 bits per heavy atom. The summed E-state index contributed by atoms with van der Waals surface area (Å²) in [7, 11) is -0.847. The van der Waals surface area contributed by atoms with Crippen molar-refractivity contribution < 1.29 is 13.7 Å². The van der Waals surface area contributed by atoms with Crippen molar-refractivity contribution >= 4 is 28.4 Å². The molecular formula is C21H22O3S. The highest BCUT2D eigenvalue weighted by Gasteiger charge is 2.16. The van der Waals surface area contributed by atoms with E-state index in [9.17, 15) is 9.00 Å². The van der Waals surface area contributed by atoms with Gasteiger partial charge in [-0.3, -0.25) is 4.21 Å². The molecule has 130 valence electrons. The molecule has 4 heteroatoms. The normalized spacial score (nSPS) is 17.0. The number of fused-ring (bicyclic) bond motifs is 1. The van der Waals surface area contributed by atoms with Crippen molar-refractivity contribution in [3.8, 4) is 0 Å². The minimum atomic E-state index is -0.847. The quantitative estimate of drug-likeness (QED) is 0.601. The molecule has 0 saturated carbocycles. The zero-order valence-corrected chi connectivity index (χ0v) is 15.4. The summed E-state index contributed by atoms with van der Waals surface area (Å²) in [6, 6.07) is 13.6. The first-order valence-corrected chi connectivity index (χ1v) is 9.87.